The van der Waals surface area contributed by atoms with E-state index in [1.54, 1.807) is 37.3 Å². The number of carbonyl (C=O) groups excluding carboxylic acids is 2. The number of likely N-dealkylation sites (tertiary alicyclic amines) is 1. The minimum Gasteiger partial charge on any atom is -0.474 e. The molecule has 190 valence electrons. The van der Waals surface area contributed by atoms with E-state index in [-0.39, 0.29) is 17.6 Å². The number of piperidine rings is 1. The van der Waals surface area contributed by atoms with E-state index in [0.29, 0.717) is 52.9 Å². The first kappa shape index (κ1) is 25.5. The van der Waals surface area contributed by atoms with Gasteiger partial charge >= 0.3 is 6.09 Å². The molecular weight excluding hydrogens is 484 g/mol. The first-order valence-electron chi connectivity index (χ1n) is 11.5. The number of thioether (sulfide) groups is 1. The number of rotatable bonds is 5. The lowest BCUT2D eigenvalue weighted by Gasteiger charge is -2.44. The Morgan fingerprint density at radius 3 is 2.67 bits per heavy atom. The number of aromatic nitrogens is 2. The van der Waals surface area contributed by atoms with Crippen LogP contribution < -0.4 is 14.8 Å². The highest BCUT2D eigenvalue weighted by atomic mass is 32.2. The number of benzene rings is 1. The van der Waals surface area contributed by atoms with Crippen molar-refractivity contribution in [2.75, 3.05) is 6.54 Å². The Hall–Kier alpha value is -3.60. The number of nitrogens with zero attached hydrogens (tertiary/aromatic N) is 3. The van der Waals surface area contributed by atoms with Crippen LogP contribution in [0.5, 0.6) is 17.5 Å². The van der Waals surface area contributed by atoms with Crippen molar-refractivity contribution in [1.82, 2.24) is 20.2 Å². The SMILES string of the molecule is Cc1c(Oc2cccc(/C=C3\SC(=O)NC3=O)c2)ncnc1OC1CCN(C(=O)O)C(C(C)(C)C)C1. The quantitative estimate of drug-likeness (QED) is 0.540. The molecule has 0 saturated carbocycles. The second-order valence-electron chi connectivity index (χ2n) is 9.76. The van der Waals surface area contributed by atoms with Crippen LogP contribution in [0.2, 0.25) is 0 Å². The molecule has 2 aliphatic rings. The summed E-state index contributed by atoms with van der Waals surface area (Å²) in [4.78, 5) is 45.3. The Kier molecular flexibility index (Phi) is 7.21. The average Bonchev–Trinajstić information content (AvgIpc) is 3.12. The van der Waals surface area contributed by atoms with E-state index in [1.165, 1.54) is 11.2 Å². The summed E-state index contributed by atoms with van der Waals surface area (Å²) in [6, 6.07) is 6.89. The van der Waals surface area contributed by atoms with Crippen LogP contribution in [0.4, 0.5) is 9.59 Å². The average molecular weight is 513 g/mol. The van der Waals surface area contributed by atoms with Gasteiger partial charge in [0.2, 0.25) is 11.8 Å². The number of nitrogens with one attached hydrogen (secondary N) is 1. The smallest absolute Gasteiger partial charge is 0.407 e. The van der Waals surface area contributed by atoms with Crippen molar-refractivity contribution in [3.8, 4) is 17.5 Å². The summed E-state index contributed by atoms with van der Waals surface area (Å²) < 4.78 is 12.2. The zero-order valence-corrected chi connectivity index (χ0v) is 21.3. The first-order valence-corrected chi connectivity index (χ1v) is 12.3. The molecule has 2 fully saturated rings. The van der Waals surface area contributed by atoms with Gasteiger partial charge in [-0.2, -0.15) is 0 Å². The van der Waals surface area contributed by atoms with Gasteiger partial charge < -0.3 is 19.5 Å². The van der Waals surface area contributed by atoms with E-state index in [9.17, 15) is 19.5 Å². The standard InChI is InChI=1S/C25H28N4O6S/c1-14-21(34-16-7-5-6-15(10-16)11-18-20(30)28-23(31)36-18)26-13-27-22(14)35-17-8-9-29(24(32)33)19(12-17)25(2,3)4/h5-7,10-11,13,17,19H,8-9,12H2,1-4H3,(H,32,33)(H,28,30,31)/b18-11-. The van der Waals surface area contributed by atoms with E-state index < -0.39 is 17.2 Å². The molecule has 3 heterocycles. The lowest BCUT2D eigenvalue weighted by molar-refractivity contribution is -0.115. The van der Waals surface area contributed by atoms with Crippen molar-refractivity contribution in [2.45, 2.75) is 52.7 Å². The van der Waals surface area contributed by atoms with Crippen molar-refractivity contribution >= 4 is 35.1 Å². The fourth-order valence-corrected chi connectivity index (χ4v) is 4.92. The summed E-state index contributed by atoms with van der Waals surface area (Å²) in [5.74, 6) is 0.780. The number of hydrogen-bond donors (Lipinski definition) is 2. The number of carboxylic acid groups (broad SMARTS) is 1. The monoisotopic (exact) mass is 512 g/mol. The Morgan fingerprint density at radius 2 is 2.00 bits per heavy atom. The predicted molar refractivity (Wildman–Crippen MR) is 134 cm³/mol. The number of hydrogen-bond acceptors (Lipinski definition) is 8. The van der Waals surface area contributed by atoms with E-state index >= 15 is 0 Å². The van der Waals surface area contributed by atoms with Crippen LogP contribution in [0.25, 0.3) is 6.08 Å². The maximum absolute atomic E-state index is 11.8. The van der Waals surface area contributed by atoms with Crippen LogP contribution in [-0.2, 0) is 4.79 Å². The van der Waals surface area contributed by atoms with Gasteiger partial charge in [-0.3, -0.25) is 14.9 Å². The molecule has 2 aliphatic heterocycles. The van der Waals surface area contributed by atoms with Gasteiger partial charge in [0, 0.05) is 25.4 Å². The minimum atomic E-state index is -0.918. The van der Waals surface area contributed by atoms with Crippen LogP contribution in [0, 0.1) is 12.3 Å². The lowest BCUT2D eigenvalue weighted by atomic mass is 9.80. The molecule has 1 aromatic heterocycles. The molecule has 4 rings (SSSR count). The maximum Gasteiger partial charge on any atom is 0.407 e. The lowest BCUT2D eigenvalue weighted by Crippen LogP contribution is -2.53. The first-order chi connectivity index (χ1) is 17.0. The Morgan fingerprint density at radius 1 is 1.25 bits per heavy atom. The normalized spacial score (nSPS) is 21.4. The van der Waals surface area contributed by atoms with Gasteiger partial charge in [0.1, 0.15) is 18.2 Å². The van der Waals surface area contributed by atoms with Gasteiger partial charge in [-0.25, -0.2) is 14.8 Å². The molecule has 2 N–H and O–H groups in total. The highest BCUT2D eigenvalue weighted by Crippen LogP contribution is 2.35. The summed E-state index contributed by atoms with van der Waals surface area (Å²) in [6.07, 6.45) is 2.98. The zero-order chi connectivity index (χ0) is 26.0. The van der Waals surface area contributed by atoms with E-state index in [4.69, 9.17) is 9.47 Å². The summed E-state index contributed by atoms with van der Waals surface area (Å²) in [5.41, 5.74) is 1.08. The Labute approximate surface area is 213 Å². The third-order valence-corrected chi connectivity index (χ3v) is 6.89. The molecule has 36 heavy (non-hydrogen) atoms. The van der Waals surface area contributed by atoms with E-state index in [2.05, 4.69) is 15.3 Å². The highest BCUT2D eigenvalue weighted by Gasteiger charge is 2.39. The van der Waals surface area contributed by atoms with Gasteiger partial charge in [0.15, 0.2) is 0 Å². The maximum atomic E-state index is 11.8. The van der Waals surface area contributed by atoms with Crippen LogP contribution in [0.1, 0.15) is 44.7 Å². The van der Waals surface area contributed by atoms with Gasteiger partial charge in [0.05, 0.1) is 10.5 Å². The van der Waals surface area contributed by atoms with Gasteiger partial charge in [-0.05, 0) is 47.9 Å². The molecule has 3 amide bonds. The molecule has 2 unspecified atom stereocenters. The highest BCUT2D eigenvalue weighted by molar-refractivity contribution is 8.18. The second kappa shape index (κ2) is 10.2. The predicted octanol–water partition coefficient (Wildman–Crippen LogP) is 4.84. The van der Waals surface area contributed by atoms with Gasteiger partial charge in [-0.1, -0.05) is 32.9 Å². The third-order valence-electron chi connectivity index (χ3n) is 6.08. The Balaban J connectivity index is 1.49. The fourth-order valence-electron chi connectivity index (χ4n) is 4.24. The largest absolute Gasteiger partial charge is 0.474 e. The molecule has 2 atom stereocenters. The molecule has 1 aromatic carbocycles. The van der Waals surface area contributed by atoms with Crippen LogP contribution >= 0.6 is 11.8 Å². The van der Waals surface area contributed by atoms with Crippen molar-refractivity contribution in [1.29, 1.82) is 0 Å². The van der Waals surface area contributed by atoms with Gasteiger partial charge in [0.25, 0.3) is 11.1 Å². The van der Waals surface area contributed by atoms with Crippen molar-refractivity contribution in [2.24, 2.45) is 5.41 Å². The molecule has 10 nitrogen and oxygen atoms in total. The summed E-state index contributed by atoms with van der Waals surface area (Å²) in [7, 11) is 0. The van der Waals surface area contributed by atoms with Crippen LogP contribution in [0.3, 0.4) is 0 Å². The van der Waals surface area contributed by atoms with Crippen molar-refractivity contribution < 1.29 is 29.0 Å². The summed E-state index contributed by atoms with van der Waals surface area (Å²) in [5, 5.41) is 11.4. The van der Waals surface area contributed by atoms with Gasteiger partial charge in [-0.15, -0.1) is 0 Å². The zero-order valence-electron chi connectivity index (χ0n) is 20.5. The molecule has 0 bridgehead atoms. The molecule has 0 radical (unpaired) electrons. The van der Waals surface area contributed by atoms with Crippen molar-refractivity contribution in [3.05, 3.63) is 46.6 Å². The molecule has 2 saturated heterocycles. The second-order valence-corrected chi connectivity index (χ2v) is 10.8. The number of carbonyl (C=O) groups is 3. The number of imide groups is 1. The topological polar surface area (TPSA) is 131 Å². The molecule has 0 aliphatic carbocycles. The number of ether oxygens (including phenoxy) is 2. The fraction of sp³-hybridized carbons (Fsp3) is 0.400. The Bertz CT molecular complexity index is 1230. The third kappa shape index (κ3) is 5.78. The molecule has 0 spiro atoms. The van der Waals surface area contributed by atoms with Crippen LogP contribution in [0.15, 0.2) is 35.5 Å². The molecular formula is C25H28N4O6S. The summed E-state index contributed by atoms with van der Waals surface area (Å²) in [6.45, 7) is 8.27. The molecule has 11 heteroatoms. The minimum absolute atomic E-state index is 0.182. The van der Waals surface area contributed by atoms with E-state index in [1.807, 2.05) is 20.8 Å². The van der Waals surface area contributed by atoms with Crippen molar-refractivity contribution in [3.63, 3.8) is 0 Å². The van der Waals surface area contributed by atoms with E-state index in [0.717, 1.165) is 11.8 Å². The number of amides is 3. The summed E-state index contributed by atoms with van der Waals surface area (Å²) >= 11 is 0.850. The van der Waals surface area contributed by atoms with Crippen LogP contribution in [-0.4, -0.2) is 55.9 Å². The molecule has 2 aromatic rings.